The Labute approximate surface area is 123 Å². The van der Waals surface area contributed by atoms with E-state index in [1.807, 2.05) is 20.8 Å². The number of nitrogens with one attached hydrogen (secondary N) is 1. The quantitative estimate of drug-likeness (QED) is 0.883. The number of nitrogens with zero attached hydrogens (tertiary/aromatic N) is 1. The summed E-state index contributed by atoms with van der Waals surface area (Å²) in [6.07, 6.45) is 1.54. The summed E-state index contributed by atoms with van der Waals surface area (Å²) in [6.45, 7) is 5.81. The topological polar surface area (TPSA) is 96.4 Å². The highest BCUT2D eigenvalue weighted by molar-refractivity contribution is 7.94. The molecule has 1 aliphatic rings. The molecule has 0 spiro atoms. The second-order valence-electron chi connectivity index (χ2n) is 6.09. The van der Waals surface area contributed by atoms with Gasteiger partial charge >= 0.3 is 5.97 Å². The Morgan fingerprint density at radius 2 is 2.05 bits per heavy atom. The van der Waals surface area contributed by atoms with Crippen LogP contribution in [0.4, 0.5) is 5.82 Å². The second kappa shape index (κ2) is 5.14. The first-order chi connectivity index (χ1) is 9.57. The molecule has 1 atom stereocenters. The van der Waals surface area contributed by atoms with Crippen LogP contribution in [0.25, 0.3) is 0 Å². The van der Waals surface area contributed by atoms with Crippen LogP contribution in [0.3, 0.4) is 0 Å². The van der Waals surface area contributed by atoms with E-state index in [0.717, 1.165) is 5.41 Å². The number of hydrogen-bond acceptors (Lipinski definition) is 5. The molecule has 21 heavy (non-hydrogen) atoms. The smallest absolute Gasteiger partial charge is 0.335 e. The standard InChI is InChI=1S/C14H18N2O4S/c1-14(2,3)11-6-9(13(17)18)7-12(16-11)15-10-4-5-21(19,20)8-10/h4-7,10H,8H2,1-3H3,(H,15,16)(H,17,18). The van der Waals surface area contributed by atoms with Gasteiger partial charge in [0.1, 0.15) is 5.82 Å². The average molecular weight is 310 g/mol. The van der Waals surface area contributed by atoms with Gasteiger partial charge in [-0.25, -0.2) is 18.2 Å². The minimum Gasteiger partial charge on any atom is -0.478 e. The van der Waals surface area contributed by atoms with Crippen molar-refractivity contribution >= 4 is 21.6 Å². The Kier molecular flexibility index (Phi) is 3.79. The fourth-order valence-electron chi connectivity index (χ4n) is 1.97. The van der Waals surface area contributed by atoms with Gasteiger partial charge in [-0.15, -0.1) is 0 Å². The van der Waals surface area contributed by atoms with Crippen LogP contribution in [0.1, 0.15) is 36.8 Å². The van der Waals surface area contributed by atoms with Gasteiger partial charge in [-0.2, -0.15) is 0 Å². The van der Waals surface area contributed by atoms with Gasteiger partial charge in [0.25, 0.3) is 0 Å². The normalized spacial score (nSPS) is 20.4. The molecule has 0 saturated heterocycles. The minimum absolute atomic E-state index is 0.0448. The molecule has 7 heteroatoms. The van der Waals surface area contributed by atoms with Crippen molar-refractivity contribution in [3.63, 3.8) is 0 Å². The fourth-order valence-corrected chi connectivity index (χ4v) is 3.20. The molecule has 0 saturated carbocycles. The Bertz CT molecular complexity index is 702. The summed E-state index contributed by atoms with van der Waals surface area (Å²) in [5.74, 6) is -0.719. The molecule has 0 amide bonds. The average Bonchev–Trinajstić information content (AvgIpc) is 2.67. The number of pyridine rings is 1. The molecule has 0 bridgehead atoms. The van der Waals surface area contributed by atoms with E-state index in [1.54, 1.807) is 6.08 Å². The number of rotatable bonds is 3. The van der Waals surface area contributed by atoms with Crippen LogP contribution in [-0.4, -0.2) is 36.3 Å². The van der Waals surface area contributed by atoms with Gasteiger partial charge in [0.2, 0.25) is 0 Å². The van der Waals surface area contributed by atoms with Crippen LogP contribution in [0.15, 0.2) is 23.6 Å². The van der Waals surface area contributed by atoms with Crippen molar-refractivity contribution < 1.29 is 18.3 Å². The summed E-state index contributed by atoms with van der Waals surface area (Å²) in [5, 5.41) is 13.3. The van der Waals surface area contributed by atoms with E-state index >= 15 is 0 Å². The van der Waals surface area contributed by atoms with E-state index in [0.29, 0.717) is 11.5 Å². The molecular formula is C14H18N2O4S. The molecule has 0 fully saturated rings. The molecule has 2 N–H and O–H groups in total. The van der Waals surface area contributed by atoms with Gasteiger partial charge in [-0.1, -0.05) is 20.8 Å². The van der Waals surface area contributed by atoms with Crippen molar-refractivity contribution in [3.05, 3.63) is 34.9 Å². The van der Waals surface area contributed by atoms with Gasteiger partial charge in [-0.05, 0) is 18.2 Å². The minimum atomic E-state index is -3.17. The largest absolute Gasteiger partial charge is 0.478 e. The van der Waals surface area contributed by atoms with Gasteiger partial charge in [0.05, 0.1) is 17.4 Å². The maximum absolute atomic E-state index is 11.4. The summed E-state index contributed by atoms with van der Waals surface area (Å²) < 4.78 is 22.8. The number of hydrogen-bond donors (Lipinski definition) is 2. The lowest BCUT2D eigenvalue weighted by Crippen LogP contribution is -2.23. The van der Waals surface area contributed by atoms with Crippen molar-refractivity contribution in [3.8, 4) is 0 Å². The highest BCUT2D eigenvalue weighted by Gasteiger charge is 2.24. The number of sulfone groups is 1. The fraction of sp³-hybridized carbons (Fsp3) is 0.429. The maximum atomic E-state index is 11.4. The molecule has 0 radical (unpaired) electrons. The van der Waals surface area contributed by atoms with E-state index in [9.17, 15) is 18.3 Å². The van der Waals surface area contributed by atoms with Crippen LogP contribution in [0.2, 0.25) is 0 Å². The van der Waals surface area contributed by atoms with Crippen LogP contribution in [0.5, 0.6) is 0 Å². The molecule has 1 aromatic heterocycles. The zero-order valence-corrected chi connectivity index (χ0v) is 12.9. The number of aromatic carboxylic acids is 1. The molecule has 2 rings (SSSR count). The van der Waals surface area contributed by atoms with Crippen molar-refractivity contribution in [2.75, 3.05) is 11.1 Å². The van der Waals surface area contributed by atoms with Gasteiger partial charge < -0.3 is 10.4 Å². The molecular weight excluding hydrogens is 292 g/mol. The Hall–Kier alpha value is -1.89. The van der Waals surface area contributed by atoms with E-state index in [4.69, 9.17) is 0 Å². The highest BCUT2D eigenvalue weighted by Crippen LogP contribution is 2.24. The monoisotopic (exact) mass is 310 g/mol. The van der Waals surface area contributed by atoms with Crippen molar-refractivity contribution in [2.45, 2.75) is 32.2 Å². The van der Waals surface area contributed by atoms with E-state index in [1.165, 1.54) is 12.1 Å². The van der Waals surface area contributed by atoms with E-state index in [2.05, 4.69) is 10.3 Å². The number of carboxylic acids is 1. The van der Waals surface area contributed by atoms with Crippen molar-refractivity contribution in [2.24, 2.45) is 0 Å². The van der Waals surface area contributed by atoms with Crippen LogP contribution < -0.4 is 5.32 Å². The van der Waals surface area contributed by atoms with Crippen LogP contribution in [0, 0.1) is 0 Å². The lowest BCUT2D eigenvalue weighted by atomic mass is 9.90. The number of aromatic nitrogens is 1. The van der Waals surface area contributed by atoms with Crippen LogP contribution >= 0.6 is 0 Å². The first kappa shape index (κ1) is 15.5. The third-order valence-electron chi connectivity index (χ3n) is 3.10. The highest BCUT2D eigenvalue weighted by atomic mass is 32.2. The van der Waals surface area contributed by atoms with Gasteiger partial charge in [-0.3, -0.25) is 0 Å². The third kappa shape index (κ3) is 3.81. The molecule has 2 heterocycles. The summed E-state index contributed by atoms with van der Waals surface area (Å²) in [7, 11) is -3.17. The van der Waals surface area contributed by atoms with Gasteiger partial charge in [0.15, 0.2) is 9.84 Å². The van der Waals surface area contributed by atoms with Crippen molar-refractivity contribution in [1.29, 1.82) is 0 Å². The lowest BCUT2D eigenvalue weighted by molar-refractivity contribution is 0.0696. The molecule has 114 valence electrons. The second-order valence-corrected chi connectivity index (χ2v) is 8.02. The first-order valence-electron chi connectivity index (χ1n) is 6.50. The zero-order valence-electron chi connectivity index (χ0n) is 12.1. The third-order valence-corrected chi connectivity index (χ3v) is 4.50. The molecule has 1 aromatic rings. The van der Waals surface area contributed by atoms with E-state index < -0.39 is 15.8 Å². The molecule has 0 aromatic carbocycles. The molecule has 1 unspecified atom stereocenters. The lowest BCUT2D eigenvalue weighted by Gasteiger charge is -2.20. The summed E-state index contributed by atoms with van der Waals surface area (Å²) in [4.78, 5) is 15.6. The number of carboxylic acid groups (broad SMARTS) is 1. The number of anilines is 1. The van der Waals surface area contributed by atoms with Crippen LogP contribution in [-0.2, 0) is 15.3 Å². The zero-order chi connectivity index (χ0) is 15.8. The number of carbonyl (C=O) groups is 1. The Morgan fingerprint density at radius 3 is 2.52 bits per heavy atom. The predicted octanol–water partition coefficient (Wildman–Crippen LogP) is 1.80. The summed E-state index contributed by atoms with van der Waals surface area (Å²) in [5.41, 5.74) is 0.455. The van der Waals surface area contributed by atoms with E-state index in [-0.39, 0.29) is 22.8 Å². The van der Waals surface area contributed by atoms with Gasteiger partial charge in [0, 0.05) is 16.5 Å². The first-order valence-corrected chi connectivity index (χ1v) is 8.22. The summed E-state index contributed by atoms with van der Waals surface area (Å²) in [6, 6.07) is 2.56. The molecule has 1 aliphatic heterocycles. The van der Waals surface area contributed by atoms with Crippen molar-refractivity contribution in [1.82, 2.24) is 4.98 Å². The Morgan fingerprint density at radius 1 is 1.38 bits per heavy atom. The maximum Gasteiger partial charge on any atom is 0.335 e. The molecule has 0 aliphatic carbocycles. The predicted molar refractivity (Wildman–Crippen MR) is 80.2 cm³/mol. The summed E-state index contributed by atoms with van der Waals surface area (Å²) >= 11 is 0. The SMILES string of the molecule is CC(C)(C)c1cc(C(=O)O)cc(NC2C=CS(=O)(=O)C2)n1. The Balaban J connectivity index is 2.33. The molecule has 6 nitrogen and oxygen atoms in total.